The number of alkyl halides is 3. The number of aromatic nitrogens is 2. The summed E-state index contributed by atoms with van der Waals surface area (Å²) in [5.74, 6) is 0.0529. The Morgan fingerprint density at radius 3 is 2.37 bits per heavy atom. The summed E-state index contributed by atoms with van der Waals surface area (Å²) in [6.07, 6.45) is -0.838. The van der Waals surface area contributed by atoms with Crippen molar-refractivity contribution in [2.75, 3.05) is 70.0 Å². The Hall–Kier alpha value is -3.07. The van der Waals surface area contributed by atoms with Crippen molar-refractivity contribution < 1.29 is 27.8 Å². The Morgan fingerprint density at radius 1 is 1.23 bits per heavy atom. The molecule has 2 aromatic rings. The van der Waals surface area contributed by atoms with E-state index in [-0.39, 0.29) is 28.2 Å². The van der Waals surface area contributed by atoms with Gasteiger partial charge in [0, 0.05) is 55.8 Å². The van der Waals surface area contributed by atoms with Crippen molar-refractivity contribution in [3.63, 3.8) is 0 Å². The number of likely N-dealkylation sites (tertiary alicyclic amines) is 1. The number of nitrogens with one attached hydrogen (secondary N) is 2. The zero-order valence-electron chi connectivity index (χ0n) is 25.5. The van der Waals surface area contributed by atoms with Crippen LogP contribution in [0.15, 0.2) is 36.0 Å². The maximum atomic E-state index is 13.7. The average Bonchev–Trinajstić information content (AvgIpc) is 2.91. The highest BCUT2D eigenvalue weighted by atomic mass is 32.2. The van der Waals surface area contributed by atoms with Crippen molar-refractivity contribution in [2.45, 2.75) is 55.3 Å². The monoisotopic (exact) mass is 625 g/mol. The first-order chi connectivity index (χ1) is 20.2. The first-order valence-corrected chi connectivity index (χ1v) is 14.9. The lowest BCUT2D eigenvalue weighted by Crippen LogP contribution is -2.46. The van der Waals surface area contributed by atoms with E-state index in [1.807, 2.05) is 11.9 Å². The Morgan fingerprint density at radius 2 is 1.86 bits per heavy atom. The van der Waals surface area contributed by atoms with Gasteiger partial charge in [0.25, 0.3) is 0 Å². The van der Waals surface area contributed by atoms with Gasteiger partial charge >= 0.3 is 6.18 Å². The number of nitrogens with zero attached hydrogens (tertiary/aromatic N) is 5. The van der Waals surface area contributed by atoms with Crippen LogP contribution in [0.2, 0.25) is 0 Å². The van der Waals surface area contributed by atoms with Gasteiger partial charge in [-0.15, -0.1) is 0 Å². The fourth-order valence-corrected chi connectivity index (χ4v) is 6.12. The fourth-order valence-electron chi connectivity index (χ4n) is 4.71. The maximum Gasteiger partial charge on any atom is 0.420 e. The summed E-state index contributed by atoms with van der Waals surface area (Å²) in [6, 6.07) is 3.96. The van der Waals surface area contributed by atoms with Crippen molar-refractivity contribution in [1.82, 2.24) is 19.8 Å². The van der Waals surface area contributed by atoms with E-state index >= 15 is 0 Å². The van der Waals surface area contributed by atoms with Crippen LogP contribution in [0.4, 0.5) is 36.2 Å². The Kier molecular flexibility index (Phi) is 12.1. The molecule has 0 radical (unpaired) electrons. The molecule has 0 atom stereocenters. The summed E-state index contributed by atoms with van der Waals surface area (Å²) in [5, 5.41) is 13.8. The number of thioether (sulfide) groups is 1. The van der Waals surface area contributed by atoms with Gasteiger partial charge in [-0.05, 0) is 60.0 Å². The van der Waals surface area contributed by atoms with E-state index in [9.17, 15) is 18.0 Å². The number of carbonyl (C=O) groups excluding carboxylic acids is 1. The third-order valence-electron chi connectivity index (χ3n) is 6.91. The lowest BCUT2D eigenvalue weighted by Gasteiger charge is -2.37. The van der Waals surface area contributed by atoms with Crippen LogP contribution in [0.5, 0.6) is 5.75 Å². The third-order valence-corrected chi connectivity index (χ3v) is 8.08. The number of hydrogen-bond donors (Lipinski definition) is 3. The third kappa shape index (κ3) is 9.71. The van der Waals surface area contributed by atoms with E-state index in [0.717, 1.165) is 49.6 Å². The fraction of sp³-hybridized carbons (Fsp3) is 0.552. The Balaban J connectivity index is 0.00000119. The van der Waals surface area contributed by atoms with Crippen molar-refractivity contribution in [3.05, 3.63) is 36.5 Å². The van der Waals surface area contributed by atoms with Crippen LogP contribution in [0.1, 0.15) is 32.3 Å². The average molecular weight is 626 g/mol. The molecular weight excluding hydrogens is 583 g/mol. The van der Waals surface area contributed by atoms with Gasteiger partial charge in [0.05, 0.1) is 24.2 Å². The number of hydrogen-bond acceptors (Lipinski definition) is 10. The van der Waals surface area contributed by atoms with Gasteiger partial charge in [-0.3, -0.25) is 4.79 Å². The van der Waals surface area contributed by atoms with Crippen molar-refractivity contribution >= 4 is 40.7 Å². The van der Waals surface area contributed by atoms with Crippen LogP contribution in [0, 0.1) is 0 Å². The summed E-state index contributed by atoms with van der Waals surface area (Å²) in [4.78, 5) is 26.9. The summed E-state index contributed by atoms with van der Waals surface area (Å²) in [5.41, 5.74) is 0.840. The molecule has 1 aromatic heterocycles. The minimum Gasteiger partial charge on any atom is -0.494 e. The lowest BCUT2D eigenvalue weighted by atomic mass is 10.0. The van der Waals surface area contributed by atoms with E-state index in [0.29, 0.717) is 36.3 Å². The predicted octanol–water partition coefficient (Wildman–Crippen LogP) is 4.70. The van der Waals surface area contributed by atoms with E-state index in [4.69, 9.17) is 9.84 Å². The first kappa shape index (κ1) is 34.4. The molecule has 0 unspecified atom stereocenters. The molecule has 0 bridgehead atoms. The number of piperidine rings is 1. The Bertz CT molecular complexity index is 1250. The number of benzene rings is 1. The van der Waals surface area contributed by atoms with E-state index < -0.39 is 11.7 Å². The molecule has 1 amide bonds. The molecule has 2 saturated heterocycles. The number of carbonyl (C=O) groups is 1. The van der Waals surface area contributed by atoms with Crippen LogP contribution < -0.4 is 20.3 Å². The molecule has 14 heteroatoms. The molecule has 3 heterocycles. The smallest absolute Gasteiger partial charge is 0.420 e. The number of aliphatic hydroxyl groups is 1. The normalized spacial score (nSPS) is 16.4. The van der Waals surface area contributed by atoms with E-state index in [1.165, 1.54) is 13.2 Å². The molecule has 2 fully saturated rings. The quantitative estimate of drug-likeness (QED) is 0.268. The van der Waals surface area contributed by atoms with Crippen molar-refractivity contribution in [1.29, 1.82) is 0 Å². The number of methoxy groups -OCH3 is 1. The van der Waals surface area contributed by atoms with E-state index in [2.05, 4.69) is 51.1 Å². The molecule has 4 rings (SSSR count). The molecule has 0 aliphatic carbocycles. The van der Waals surface area contributed by atoms with Crippen molar-refractivity contribution in [3.8, 4) is 5.75 Å². The molecule has 1 aromatic carbocycles. The molecule has 2 aliphatic heterocycles. The highest BCUT2D eigenvalue weighted by Gasteiger charge is 2.37. The van der Waals surface area contributed by atoms with Gasteiger partial charge in [-0.1, -0.05) is 18.3 Å². The summed E-state index contributed by atoms with van der Waals surface area (Å²) in [7, 11) is 7.55. The number of amides is 1. The van der Waals surface area contributed by atoms with Crippen LogP contribution >= 0.6 is 11.8 Å². The van der Waals surface area contributed by atoms with Gasteiger partial charge in [0.15, 0.2) is 0 Å². The second-order valence-electron chi connectivity index (χ2n) is 11.0. The van der Waals surface area contributed by atoms with Gasteiger partial charge in [-0.2, -0.15) is 13.2 Å². The number of halogens is 3. The zero-order valence-corrected chi connectivity index (χ0v) is 26.3. The van der Waals surface area contributed by atoms with E-state index in [1.54, 1.807) is 26.0 Å². The molecule has 0 spiro atoms. The maximum absolute atomic E-state index is 13.7. The predicted molar refractivity (Wildman–Crippen MR) is 166 cm³/mol. The number of anilines is 4. The van der Waals surface area contributed by atoms with Crippen LogP contribution in [-0.4, -0.2) is 103 Å². The zero-order chi connectivity index (χ0) is 31.9. The summed E-state index contributed by atoms with van der Waals surface area (Å²) < 4.78 is 46.6. The standard InChI is InChI=1S/C26H34F3N7O2S.C3H8O/c1-6-23(37)31-19-11-20(22(38-5)12-21(19)36-9-7-16(8-10-36)34(2)3)32-25-30-13-18(26(27,28)29)24(33-25)39-17-14-35(4)15-17;1-3(2)4/h6,11-13,16-17H,1,7-10,14-15H2,2-5H3,(H,31,37)(H,30,32,33);3-4H,1-2H3. The van der Waals surface area contributed by atoms with Crippen molar-refractivity contribution in [2.24, 2.45) is 0 Å². The second kappa shape index (κ2) is 15.1. The minimum absolute atomic E-state index is 0.00276. The minimum atomic E-state index is -4.57. The summed E-state index contributed by atoms with van der Waals surface area (Å²) in [6.45, 7) is 9.92. The molecular formula is C29H42F3N7O3S. The number of aliphatic hydroxyl groups excluding tert-OH is 1. The lowest BCUT2D eigenvalue weighted by molar-refractivity contribution is -0.140. The molecule has 3 N–H and O–H groups in total. The second-order valence-corrected chi connectivity index (χ2v) is 12.3. The largest absolute Gasteiger partial charge is 0.494 e. The number of rotatable bonds is 9. The SMILES string of the molecule is C=CC(=O)Nc1cc(Nc2ncc(C(F)(F)F)c(SC3CN(C)C3)n2)c(OC)cc1N1CCC(N(C)C)CC1.CC(C)O. The van der Waals surface area contributed by atoms with Crippen LogP contribution in [0.25, 0.3) is 0 Å². The number of ether oxygens (including phenoxy) is 1. The summed E-state index contributed by atoms with van der Waals surface area (Å²) >= 11 is 1.10. The Labute approximate surface area is 255 Å². The van der Waals surface area contributed by atoms with Gasteiger partial charge in [-0.25, -0.2) is 9.97 Å². The first-order valence-electron chi connectivity index (χ1n) is 14.0. The molecule has 2 aliphatic rings. The molecule has 238 valence electrons. The van der Waals surface area contributed by atoms with Gasteiger partial charge in [0.1, 0.15) is 16.3 Å². The molecule has 10 nitrogen and oxygen atoms in total. The molecule has 43 heavy (non-hydrogen) atoms. The van der Waals surface area contributed by atoms with Gasteiger partial charge in [0.2, 0.25) is 11.9 Å². The van der Waals surface area contributed by atoms with Crippen LogP contribution in [-0.2, 0) is 11.0 Å². The highest BCUT2D eigenvalue weighted by Crippen LogP contribution is 2.41. The van der Waals surface area contributed by atoms with Crippen LogP contribution in [0.3, 0.4) is 0 Å². The van der Waals surface area contributed by atoms with Gasteiger partial charge < -0.3 is 35.2 Å². The molecule has 0 saturated carbocycles. The highest BCUT2D eigenvalue weighted by molar-refractivity contribution is 8.00. The topological polar surface area (TPSA) is 106 Å².